The van der Waals surface area contributed by atoms with Gasteiger partial charge < -0.3 is 14.6 Å². The fourth-order valence-corrected chi connectivity index (χ4v) is 5.08. The minimum Gasteiger partial charge on any atom is -0.381 e. The summed E-state index contributed by atoms with van der Waals surface area (Å²) in [6.07, 6.45) is 3.39. The summed E-state index contributed by atoms with van der Waals surface area (Å²) < 4.78 is 19.9. The summed E-state index contributed by atoms with van der Waals surface area (Å²) >= 11 is 0. The molecule has 1 aliphatic heterocycles. The number of nitrogens with one attached hydrogen (secondary N) is 1. The first-order valence-corrected chi connectivity index (χ1v) is 11.3. The monoisotopic (exact) mass is 411 g/mol. The van der Waals surface area contributed by atoms with Crippen LogP contribution in [0.2, 0.25) is 0 Å². The van der Waals surface area contributed by atoms with Crippen molar-refractivity contribution in [1.29, 1.82) is 0 Å². The second-order valence-corrected chi connectivity index (χ2v) is 9.06. The topological polar surface area (TPSA) is 73.2 Å². The Labute approximate surface area is 172 Å². The van der Waals surface area contributed by atoms with Crippen molar-refractivity contribution in [3.63, 3.8) is 0 Å². The lowest BCUT2D eigenvalue weighted by atomic mass is 10.2. The molecule has 1 aromatic heterocycles. The zero-order valence-corrected chi connectivity index (χ0v) is 17.2. The number of fused-ring (bicyclic) bond motifs is 1. The van der Waals surface area contributed by atoms with Gasteiger partial charge in [-0.1, -0.05) is 24.3 Å². The van der Waals surface area contributed by atoms with E-state index in [2.05, 4.69) is 10.3 Å². The summed E-state index contributed by atoms with van der Waals surface area (Å²) in [4.78, 5) is 17.2. The predicted octanol–water partition coefficient (Wildman–Crippen LogP) is 3.66. The molecule has 2 unspecified atom stereocenters. The van der Waals surface area contributed by atoms with Crippen LogP contribution in [0.1, 0.15) is 31.4 Å². The largest absolute Gasteiger partial charge is 0.381 e. The van der Waals surface area contributed by atoms with Crippen LogP contribution in [0, 0.1) is 0 Å². The summed E-state index contributed by atoms with van der Waals surface area (Å²) in [6, 6.07) is 15.0. The van der Waals surface area contributed by atoms with E-state index in [1.807, 2.05) is 60.0 Å². The first kappa shape index (κ1) is 19.8. The first-order chi connectivity index (χ1) is 14.1. The maximum atomic E-state index is 12.8. The summed E-state index contributed by atoms with van der Waals surface area (Å²) in [5.74, 6) is 0.381. The normalized spacial score (nSPS) is 17.1. The molecule has 1 saturated heterocycles. The molecule has 0 bridgehead atoms. The van der Waals surface area contributed by atoms with Crippen molar-refractivity contribution < 1.29 is 13.7 Å². The molecule has 1 aliphatic rings. The fraction of sp³-hybridized carbons (Fsp3) is 0.364. The Hall–Kier alpha value is -2.51. The summed E-state index contributed by atoms with van der Waals surface area (Å²) in [7, 11) is -0.932. The number of para-hydroxylation sites is 2. The van der Waals surface area contributed by atoms with E-state index in [-0.39, 0.29) is 11.2 Å². The van der Waals surface area contributed by atoms with Crippen molar-refractivity contribution in [3.8, 4) is 0 Å². The van der Waals surface area contributed by atoms with Gasteiger partial charge >= 0.3 is 0 Å². The zero-order valence-electron chi connectivity index (χ0n) is 16.4. The van der Waals surface area contributed by atoms with Crippen LogP contribution in [0.3, 0.4) is 0 Å². The molecule has 3 aromatic rings. The third-order valence-electron chi connectivity index (χ3n) is 5.32. The summed E-state index contributed by atoms with van der Waals surface area (Å²) in [6.45, 7) is 3.23. The molecule has 7 heteroatoms. The van der Waals surface area contributed by atoms with Gasteiger partial charge in [-0.25, -0.2) is 4.98 Å². The third-order valence-corrected chi connectivity index (χ3v) is 7.15. The Balaban J connectivity index is 1.43. The van der Waals surface area contributed by atoms with Crippen molar-refractivity contribution in [1.82, 2.24) is 9.55 Å². The Morgan fingerprint density at radius 2 is 2.03 bits per heavy atom. The molecule has 0 radical (unpaired) electrons. The molecule has 2 atom stereocenters. The van der Waals surface area contributed by atoms with Crippen LogP contribution >= 0.6 is 0 Å². The minimum atomic E-state index is -0.932. The molecule has 1 N–H and O–H groups in total. The lowest BCUT2D eigenvalue weighted by Gasteiger charge is -2.21. The molecule has 1 fully saturated rings. The van der Waals surface area contributed by atoms with Crippen LogP contribution in [-0.4, -0.2) is 38.1 Å². The highest BCUT2D eigenvalue weighted by Crippen LogP contribution is 2.21. The average Bonchev–Trinajstić information content (AvgIpc) is 3.18. The fourth-order valence-electron chi connectivity index (χ4n) is 3.62. The van der Waals surface area contributed by atoms with E-state index in [4.69, 9.17) is 4.74 Å². The Kier molecular flexibility index (Phi) is 6.06. The van der Waals surface area contributed by atoms with Crippen LogP contribution in [0.4, 0.5) is 5.69 Å². The van der Waals surface area contributed by atoms with Gasteiger partial charge in [-0.3, -0.25) is 9.00 Å². The number of amides is 1. The molecular formula is C22H25N3O3S. The number of carbonyl (C=O) groups excluding carboxylic acids is 1. The van der Waals surface area contributed by atoms with Gasteiger partial charge in [0.2, 0.25) is 5.91 Å². The molecule has 4 rings (SSSR count). The van der Waals surface area contributed by atoms with E-state index in [0.717, 1.165) is 29.4 Å². The standard InChI is InChI=1S/C22H25N3O3S/c1-16(25-15-23-20-7-2-3-8-21(20)25)22(26)24-18-6-4-5-17(13-18)14-29(27)19-9-11-28-12-10-19/h2-8,13,15-16,19H,9-12,14H2,1H3,(H,24,26). The average molecular weight is 412 g/mol. The van der Waals surface area contributed by atoms with Crippen molar-refractivity contribution in [2.45, 2.75) is 36.8 Å². The minimum absolute atomic E-state index is 0.115. The van der Waals surface area contributed by atoms with Gasteiger partial charge in [0.05, 0.1) is 17.4 Å². The summed E-state index contributed by atoms with van der Waals surface area (Å²) in [5, 5.41) is 3.17. The molecule has 1 amide bonds. The van der Waals surface area contributed by atoms with Gasteiger partial charge in [-0.05, 0) is 49.6 Å². The van der Waals surface area contributed by atoms with Crippen LogP contribution in [0.25, 0.3) is 11.0 Å². The van der Waals surface area contributed by atoms with Gasteiger partial charge in [0, 0.05) is 40.7 Å². The molecule has 2 aromatic carbocycles. The predicted molar refractivity (Wildman–Crippen MR) is 115 cm³/mol. The van der Waals surface area contributed by atoms with E-state index >= 15 is 0 Å². The highest BCUT2D eigenvalue weighted by Gasteiger charge is 2.21. The van der Waals surface area contributed by atoms with E-state index < -0.39 is 16.8 Å². The molecular weight excluding hydrogens is 386 g/mol. The number of benzene rings is 2. The molecule has 0 spiro atoms. The number of carbonyl (C=O) groups is 1. The highest BCUT2D eigenvalue weighted by atomic mass is 32.2. The molecule has 152 valence electrons. The van der Waals surface area contributed by atoms with E-state index in [1.54, 1.807) is 6.33 Å². The van der Waals surface area contributed by atoms with Gasteiger partial charge in [0.25, 0.3) is 0 Å². The van der Waals surface area contributed by atoms with E-state index in [0.29, 0.717) is 24.7 Å². The number of hydrogen-bond donors (Lipinski definition) is 1. The van der Waals surface area contributed by atoms with Crippen LogP contribution in [0.5, 0.6) is 0 Å². The second-order valence-electron chi connectivity index (χ2n) is 7.34. The lowest BCUT2D eigenvalue weighted by Crippen LogP contribution is -2.25. The maximum Gasteiger partial charge on any atom is 0.247 e. The van der Waals surface area contributed by atoms with Gasteiger partial charge in [-0.15, -0.1) is 0 Å². The smallest absolute Gasteiger partial charge is 0.247 e. The van der Waals surface area contributed by atoms with Crippen LogP contribution in [-0.2, 0) is 26.1 Å². The molecule has 0 aliphatic carbocycles. The quantitative estimate of drug-likeness (QED) is 0.672. The van der Waals surface area contributed by atoms with Crippen molar-refractivity contribution in [3.05, 3.63) is 60.4 Å². The van der Waals surface area contributed by atoms with Crippen molar-refractivity contribution >= 4 is 33.4 Å². The molecule has 29 heavy (non-hydrogen) atoms. The van der Waals surface area contributed by atoms with Crippen molar-refractivity contribution in [2.75, 3.05) is 18.5 Å². The SMILES string of the molecule is CC(C(=O)Nc1cccc(CS(=O)C2CCOCC2)c1)n1cnc2ccccc21. The summed E-state index contributed by atoms with van der Waals surface area (Å²) in [5.41, 5.74) is 3.47. The lowest BCUT2D eigenvalue weighted by molar-refractivity contribution is -0.118. The van der Waals surface area contributed by atoms with E-state index in [1.165, 1.54) is 0 Å². The van der Waals surface area contributed by atoms with Crippen LogP contribution in [0.15, 0.2) is 54.9 Å². The van der Waals surface area contributed by atoms with Gasteiger partial charge in [0.1, 0.15) is 6.04 Å². The highest BCUT2D eigenvalue weighted by molar-refractivity contribution is 7.84. The van der Waals surface area contributed by atoms with Crippen LogP contribution < -0.4 is 5.32 Å². The number of ether oxygens (including phenoxy) is 1. The van der Waals surface area contributed by atoms with Gasteiger partial charge in [0.15, 0.2) is 0 Å². The number of rotatable bonds is 6. The second kappa shape index (κ2) is 8.88. The Morgan fingerprint density at radius 1 is 1.24 bits per heavy atom. The number of nitrogens with zero attached hydrogens (tertiary/aromatic N) is 2. The van der Waals surface area contributed by atoms with Gasteiger partial charge in [-0.2, -0.15) is 0 Å². The maximum absolute atomic E-state index is 12.8. The zero-order chi connectivity index (χ0) is 20.2. The first-order valence-electron chi connectivity index (χ1n) is 9.88. The van der Waals surface area contributed by atoms with E-state index in [9.17, 15) is 9.00 Å². The number of aromatic nitrogens is 2. The number of imidazole rings is 1. The van der Waals surface area contributed by atoms with Crippen molar-refractivity contribution in [2.24, 2.45) is 0 Å². The molecule has 6 nitrogen and oxygen atoms in total. The Morgan fingerprint density at radius 3 is 2.86 bits per heavy atom. The molecule has 0 saturated carbocycles. The molecule has 2 heterocycles. The Bertz CT molecular complexity index is 1030. The third kappa shape index (κ3) is 4.57. The number of hydrogen-bond acceptors (Lipinski definition) is 4. The number of anilines is 1.